The lowest BCUT2D eigenvalue weighted by molar-refractivity contribution is -0.308. The molecule has 2 amide bonds. The van der Waals surface area contributed by atoms with Gasteiger partial charge in [0.1, 0.15) is 5.60 Å². The predicted octanol–water partition coefficient (Wildman–Crippen LogP) is 0.621. The van der Waals surface area contributed by atoms with Crippen LogP contribution in [0, 0.1) is 5.92 Å². The standard InChI is InChI=1S/C16H28N2O5S/c1-16(2,3)23-15(22)18-8-5-11(6-9-18)13(19)17-12(14(20)21)7-10-24-4/h11-12H,5-10H2,1-4H3,(H,17,19)(H,20,21)/p-1/t12-/m0/s1. The molecule has 0 bridgehead atoms. The van der Waals surface area contributed by atoms with E-state index in [0.717, 1.165) is 0 Å². The van der Waals surface area contributed by atoms with Gasteiger partial charge in [-0.2, -0.15) is 11.8 Å². The molecule has 1 aliphatic rings. The maximum atomic E-state index is 12.2. The van der Waals surface area contributed by atoms with E-state index >= 15 is 0 Å². The highest BCUT2D eigenvalue weighted by molar-refractivity contribution is 7.98. The van der Waals surface area contributed by atoms with E-state index < -0.39 is 17.6 Å². The highest BCUT2D eigenvalue weighted by Gasteiger charge is 2.30. The number of carbonyl (C=O) groups excluding carboxylic acids is 3. The van der Waals surface area contributed by atoms with Crippen LogP contribution in [0.5, 0.6) is 0 Å². The summed E-state index contributed by atoms with van der Waals surface area (Å²) in [5, 5.41) is 13.6. The molecule has 8 heteroatoms. The van der Waals surface area contributed by atoms with Gasteiger partial charge in [-0.05, 0) is 52.0 Å². The van der Waals surface area contributed by atoms with E-state index in [2.05, 4.69) is 5.32 Å². The van der Waals surface area contributed by atoms with Crippen molar-refractivity contribution in [3.63, 3.8) is 0 Å². The topological polar surface area (TPSA) is 98.8 Å². The molecule has 7 nitrogen and oxygen atoms in total. The van der Waals surface area contributed by atoms with Crippen molar-refractivity contribution in [2.24, 2.45) is 5.92 Å². The van der Waals surface area contributed by atoms with E-state index in [1.54, 1.807) is 25.7 Å². The summed E-state index contributed by atoms with van der Waals surface area (Å²) in [7, 11) is 0. The number of aliphatic carboxylic acids is 1. The number of thioether (sulfide) groups is 1. The minimum Gasteiger partial charge on any atom is -0.548 e. The number of likely N-dealkylation sites (tertiary alicyclic amines) is 1. The zero-order chi connectivity index (χ0) is 18.3. The minimum atomic E-state index is -1.26. The van der Waals surface area contributed by atoms with Crippen LogP contribution >= 0.6 is 11.8 Å². The molecule has 138 valence electrons. The molecule has 0 unspecified atom stereocenters. The van der Waals surface area contributed by atoms with Gasteiger partial charge in [0.15, 0.2) is 0 Å². The van der Waals surface area contributed by atoms with Crippen LogP contribution < -0.4 is 10.4 Å². The van der Waals surface area contributed by atoms with Gasteiger partial charge in [0.05, 0.1) is 12.0 Å². The Morgan fingerprint density at radius 1 is 1.29 bits per heavy atom. The van der Waals surface area contributed by atoms with Crippen molar-refractivity contribution >= 4 is 29.7 Å². The van der Waals surface area contributed by atoms with Gasteiger partial charge in [0.2, 0.25) is 5.91 Å². The first-order valence-electron chi connectivity index (χ1n) is 8.12. The van der Waals surface area contributed by atoms with Crippen LogP contribution in [-0.4, -0.2) is 59.6 Å². The van der Waals surface area contributed by atoms with Gasteiger partial charge in [0.25, 0.3) is 0 Å². The number of hydrogen-bond acceptors (Lipinski definition) is 6. The van der Waals surface area contributed by atoms with Gasteiger partial charge in [-0.3, -0.25) is 4.79 Å². The molecule has 1 fully saturated rings. The number of carboxylic acid groups (broad SMARTS) is 1. The van der Waals surface area contributed by atoms with Crippen molar-refractivity contribution < 1.29 is 24.2 Å². The lowest BCUT2D eigenvalue weighted by atomic mass is 9.95. The third-order valence-electron chi connectivity index (χ3n) is 3.73. The normalized spacial score (nSPS) is 17.2. The van der Waals surface area contributed by atoms with Crippen LogP contribution in [0.2, 0.25) is 0 Å². The molecule has 0 aromatic rings. The Hall–Kier alpha value is -1.44. The summed E-state index contributed by atoms with van der Waals surface area (Å²) in [6.45, 7) is 6.26. The Morgan fingerprint density at radius 2 is 1.88 bits per heavy atom. The van der Waals surface area contributed by atoms with Crippen molar-refractivity contribution in [2.75, 3.05) is 25.1 Å². The summed E-state index contributed by atoms with van der Waals surface area (Å²) in [6, 6.07) is -0.964. The first-order valence-corrected chi connectivity index (χ1v) is 9.51. The molecule has 1 heterocycles. The molecule has 0 aromatic heterocycles. The van der Waals surface area contributed by atoms with Gasteiger partial charge < -0.3 is 24.9 Å². The number of hydrogen-bond donors (Lipinski definition) is 1. The quantitative estimate of drug-likeness (QED) is 0.746. The summed E-state index contributed by atoms with van der Waals surface area (Å²) in [5.41, 5.74) is -0.551. The molecular weight excluding hydrogens is 332 g/mol. The average Bonchev–Trinajstić information content (AvgIpc) is 2.49. The monoisotopic (exact) mass is 359 g/mol. The Labute approximate surface area is 147 Å². The van der Waals surface area contributed by atoms with Crippen molar-refractivity contribution in [2.45, 2.75) is 51.7 Å². The van der Waals surface area contributed by atoms with E-state index in [-0.39, 0.29) is 17.9 Å². The second-order valence-electron chi connectivity index (χ2n) is 6.90. The van der Waals surface area contributed by atoms with Crippen molar-refractivity contribution in [3.05, 3.63) is 0 Å². The number of carboxylic acids is 1. The van der Waals surface area contributed by atoms with Gasteiger partial charge >= 0.3 is 6.09 Å². The van der Waals surface area contributed by atoms with Crippen molar-refractivity contribution in [1.29, 1.82) is 0 Å². The Morgan fingerprint density at radius 3 is 2.33 bits per heavy atom. The smallest absolute Gasteiger partial charge is 0.410 e. The first-order chi connectivity index (χ1) is 11.1. The minimum absolute atomic E-state index is 0.283. The van der Waals surface area contributed by atoms with Gasteiger partial charge in [-0.1, -0.05) is 0 Å². The molecule has 1 aliphatic heterocycles. The number of amides is 2. The number of ether oxygens (including phenoxy) is 1. The zero-order valence-corrected chi connectivity index (χ0v) is 15.6. The molecule has 1 rings (SSSR count). The van der Waals surface area contributed by atoms with Crippen LogP contribution in [0.3, 0.4) is 0 Å². The molecular formula is C16H27N2O5S-. The zero-order valence-electron chi connectivity index (χ0n) is 14.8. The number of nitrogens with one attached hydrogen (secondary N) is 1. The largest absolute Gasteiger partial charge is 0.548 e. The van der Waals surface area contributed by atoms with Crippen molar-refractivity contribution in [1.82, 2.24) is 10.2 Å². The number of rotatable bonds is 6. The highest BCUT2D eigenvalue weighted by atomic mass is 32.2. The Kier molecular flexibility index (Phi) is 7.86. The van der Waals surface area contributed by atoms with Gasteiger partial charge in [-0.25, -0.2) is 4.79 Å². The van der Waals surface area contributed by atoms with Crippen LogP contribution in [0.4, 0.5) is 4.79 Å². The lowest BCUT2D eigenvalue weighted by Gasteiger charge is -2.33. The summed E-state index contributed by atoms with van der Waals surface area (Å²) in [5.74, 6) is -1.20. The molecule has 1 atom stereocenters. The summed E-state index contributed by atoms with van der Waals surface area (Å²) in [4.78, 5) is 36.9. The maximum absolute atomic E-state index is 12.2. The molecule has 0 aromatic carbocycles. The fraction of sp³-hybridized carbons (Fsp3) is 0.812. The molecule has 24 heavy (non-hydrogen) atoms. The summed E-state index contributed by atoms with van der Waals surface area (Å²) < 4.78 is 5.31. The Bertz CT molecular complexity index is 456. The molecule has 0 spiro atoms. The van der Waals surface area contributed by atoms with Gasteiger partial charge in [-0.15, -0.1) is 0 Å². The predicted molar refractivity (Wildman–Crippen MR) is 90.5 cm³/mol. The highest BCUT2D eigenvalue weighted by Crippen LogP contribution is 2.20. The summed E-state index contributed by atoms with van der Waals surface area (Å²) >= 11 is 1.52. The van der Waals surface area contributed by atoms with E-state index in [1.165, 1.54) is 11.8 Å². The van der Waals surface area contributed by atoms with Crippen molar-refractivity contribution in [3.8, 4) is 0 Å². The van der Waals surface area contributed by atoms with Crippen LogP contribution in [0.1, 0.15) is 40.0 Å². The first kappa shape index (κ1) is 20.6. The lowest BCUT2D eigenvalue weighted by Crippen LogP contribution is -2.51. The van der Waals surface area contributed by atoms with Crippen LogP contribution in [0.25, 0.3) is 0 Å². The third kappa shape index (κ3) is 6.98. The molecule has 1 N–H and O–H groups in total. The third-order valence-corrected chi connectivity index (χ3v) is 4.37. The SMILES string of the molecule is CSCC[C@H](NC(=O)C1CCN(C(=O)OC(C)(C)C)CC1)C(=O)[O-]. The molecule has 0 aliphatic carbocycles. The maximum Gasteiger partial charge on any atom is 0.410 e. The number of nitrogens with zero attached hydrogens (tertiary/aromatic N) is 1. The van der Waals surface area contributed by atoms with Crippen LogP contribution in [0.15, 0.2) is 0 Å². The van der Waals surface area contributed by atoms with E-state index in [0.29, 0.717) is 38.1 Å². The van der Waals surface area contributed by atoms with E-state index in [4.69, 9.17) is 4.74 Å². The van der Waals surface area contributed by atoms with E-state index in [9.17, 15) is 19.5 Å². The molecule has 0 radical (unpaired) electrons. The second kappa shape index (κ2) is 9.15. The number of carbonyl (C=O) groups is 3. The number of piperidine rings is 1. The Balaban J connectivity index is 2.47. The average molecular weight is 359 g/mol. The second-order valence-corrected chi connectivity index (χ2v) is 7.89. The fourth-order valence-electron chi connectivity index (χ4n) is 2.42. The fourth-order valence-corrected chi connectivity index (χ4v) is 2.90. The van der Waals surface area contributed by atoms with Crippen LogP contribution in [-0.2, 0) is 14.3 Å². The van der Waals surface area contributed by atoms with Gasteiger partial charge in [0, 0.05) is 19.0 Å². The molecule has 1 saturated heterocycles. The summed E-state index contributed by atoms with van der Waals surface area (Å²) in [6.07, 6.45) is 2.82. The van der Waals surface area contributed by atoms with E-state index in [1.807, 2.05) is 6.26 Å². The molecule has 0 saturated carbocycles.